The van der Waals surface area contributed by atoms with Gasteiger partial charge in [-0.2, -0.15) is 0 Å². The zero-order valence-corrected chi connectivity index (χ0v) is 8.05. The highest BCUT2D eigenvalue weighted by atomic mass is 16.1. The third-order valence-corrected chi connectivity index (χ3v) is 1.08. The van der Waals surface area contributed by atoms with Gasteiger partial charge in [0.1, 0.15) is 5.82 Å². The number of hydrogen-bond acceptors (Lipinski definition) is 2. The van der Waals surface area contributed by atoms with Gasteiger partial charge in [0.05, 0.1) is 0 Å². The van der Waals surface area contributed by atoms with E-state index in [2.05, 4.69) is 10.3 Å². The van der Waals surface area contributed by atoms with E-state index >= 15 is 0 Å². The summed E-state index contributed by atoms with van der Waals surface area (Å²) >= 11 is 0. The molecule has 72 valence electrons. The summed E-state index contributed by atoms with van der Waals surface area (Å²) in [6, 6.07) is 2.70. The Hall–Kier alpha value is -1.58. The summed E-state index contributed by atoms with van der Waals surface area (Å²) in [4.78, 5) is 23.9. The molecule has 0 aromatic carbocycles. The van der Waals surface area contributed by atoms with Gasteiger partial charge in [-0.3, -0.25) is 9.59 Å². The maximum absolute atomic E-state index is 10.7. The van der Waals surface area contributed by atoms with Crippen LogP contribution in [0.1, 0.15) is 20.8 Å². The molecular formula is C9H14N2O2. The highest BCUT2D eigenvalue weighted by Gasteiger charge is 1.93. The first kappa shape index (κ1) is 11.4. The van der Waals surface area contributed by atoms with Crippen LogP contribution in [0.2, 0.25) is 0 Å². The lowest BCUT2D eigenvalue weighted by molar-refractivity contribution is -0.114. The lowest BCUT2D eigenvalue weighted by atomic mass is 10.4. The molecule has 0 aliphatic carbocycles. The smallest absolute Gasteiger partial charge is 0.222 e. The van der Waals surface area contributed by atoms with Crippen molar-refractivity contribution in [3.05, 3.63) is 28.6 Å². The van der Waals surface area contributed by atoms with Crippen molar-refractivity contribution in [1.82, 2.24) is 4.98 Å². The Morgan fingerprint density at radius 1 is 1.46 bits per heavy atom. The first-order chi connectivity index (χ1) is 6.18. The molecule has 4 nitrogen and oxygen atoms in total. The van der Waals surface area contributed by atoms with Crippen LogP contribution < -0.4 is 10.7 Å². The standard InChI is InChI=1S/C7H8N2O2.C2H6/c1-5(10)9-7-4-6(11)2-3-8-7;1-2/h2-4H,1H3,(H2,8,9,10,11);1-2H3. The molecule has 0 bridgehead atoms. The van der Waals surface area contributed by atoms with E-state index in [1.165, 1.54) is 25.3 Å². The van der Waals surface area contributed by atoms with Crippen LogP contribution in [-0.2, 0) is 4.79 Å². The van der Waals surface area contributed by atoms with Crippen LogP contribution in [0, 0.1) is 0 Å². The Balaban J connectivity index is 0.000000671. The molecule has 13 heavy (non-hydrogen) atoms. The largest absolute Gasteiger partial charge is 0.348 e. The van der Waals surface area contributed by atoms with Crippen molar-refractivity contribution in [3.8, 4) is 0 Å². The van der Waals surface area contributed by atoms with Gasteiger partial charge in [-0.1, -0.05) is 13.8 Å². The molecular weight excluding hydrogens is 168 g/mol. The Labute approximate surface area is 77.0 Å². The summed E-state index contributed by atoms with van der Waals surface area (Å²) in [7, 11) is 0. The number of H-pyrrole nitrogens is 1. The normalized spacial score (nSPS) is 8.23. The number of rotatable bonds is 1. The lowest BCUT2D eigenvalue weighted by Gasteiger charge is -1.98. The zero-order valence-electron chi connectivity index (χ0n) is 8.05. The first-order valence-corrected chi connectivity index (χ1v) is 4.15. The molecule has 1 aromatic rings. The molecule has 0 unspecified atom stereocenters. The molecule has 1 aromatic heterocycles. The number of carbonyl (C=O) groups excluding carboxylic acids is 1. The maximum Gasteiger partial charge on any atom is 0.222 e. The second kappa shape index (κ2) is 5.99. The topological polar surface area (TPSA) is 62.0 Å². The van der Waals surface area contributed by atoms with Crippen LogP contribution >= 0.6 is 0 Å². The van der Waals surface area contributed by atoms with Gasteiger partial charge in [-0.25, -0.2) is 0 Å². The van der Waals surface area contributed by atoms with Gasteiger partial charge in [0, 0.05) is 25.3 Å². The molecule has 0 atom stereocenters. The maximum atomic E-state index is 10.7. The van der Waals surface area contributed by atoms with Crippen LogP contribution in [0.5, 0.6) is 0 Å². The fourth-order valence-electron chi connectivity index (χ4n) is 0.707. The third kappa shape index (κ3) is 4.79. The van der Waals surface area contributed by atoms with E-state index in [1.54, 1.807) is 0 Å². The van der Waals surface area contributed by atoms with E-state index in [1.807, 2.05) is 13.8 Å². The molecule has 4 heteroatoms. The summed E-state index contributed by atoms with van der Waals surface area (Å²) in [5.41, 5.74) is -0.132. The fourth-order valence-corrected chi connectivity index (χ4v) is 0.707. The summed E-state index contributed by atoms with van der Waals surface area (Å²) in [6.45, 7) is 5.38. The third-order valence-electron chi connectivity index (χ3n) is 1.08. The second-order valence-corrected chi connectivity index (χ2v) is 2.12. The molecule has 1 rings (SSSR count). The number of pyridine rings is 1. The number of hydrogen-bond donors (Lipinski definition) is 2. The van der Waals surface area contributed by atoms with Gasteiger partial charge in [0.2, 0.25) is 5.91 Å². The quantitative estimate of drug-likeness (QED) is 0.688. The monoisotopic (exact) mass is 182 g/mol. The molecule has 0 fully saturated rings. The Morgan fingerprint density at radius 2 is 2.08 bits per heavy atom. The minimum absolute atomic E-state index is 0.132. The van der Waals surface area contributed by atoms with Gasteiger partial charge in [-0.15, -0.1) is 0 Å². The molecule has 0 spiro atoms. The van der Waals surface area contributed by atoms with E-state index in [-0.39, 0.29) is 11.3 Å². The summed E-state index contributed by atoms with van der Waals surface area (Å²) < 4.78 is 0. The molecule has 0 aliphatic heterocycles. The number of nitrogens with one attached hydrogen (secondary N) is 2. The highest BCUT2D eigenvalue weighted by molar-refractivity contribution is 5.87. The van der Waals surface area contributed by atoms with Crippen LogP contribution in [-0.4, -0.2) is 10.9 Å². The number of anilines is 1. The van der Waals surface area contributed by atoms with Crippen molar-refractivity contribution >= 4 is 11.7 Å². The van der Waals surface area contributed by atoms with E-state index in [4.69, 9.17) is 0 Å². The Bertz CT molecular complexity index is 317. The predicted octanol–water partition coefficient (Wildman–Crippen LogP) is 1.36. The van der Waals surface area contributed by atoms with Crippen molar-refractivity contribution in [1.29, 1.82) is 0 Å². The summed E-state index contributed by atoms with van der Waals surface area (Å²) in [6.07, 6.45) is 1.48. The summed E-state index contributed by atoms with van der Waals surface area (Å²) in [5.74, 6) is 0.219. The van der Waals surface area contributed by atoms with Crippen LogP contribution in [0.3, 0.4) is 0 Å². The van der Waals surface area contributed by atoms with Gasteiger partial charge in [-0.05, 0) is 0 Å². The van der Waals surface area contributed by atoms with Crippen LogP contribution in [0.15, 0.2) is 23.1 Å². The predicted molar refractivity (Wildman–Crippen MR) is 52.7 cm³/mol. The SMILES string of the molecule is CC.CC(=O)Nc1cc(=O)cc[nH]1. The molecule has 2 N–H and O–H groups in total. The molecule has 1 amide bonds. The fraction of sp³-hybridized carbons (Fsp3) is 0.333. The Kier molecular flexibility index (Phi) is 5.27. The van der Waals surface area contributed by atoms with E-state index in [0.29, 0.717) is 5.82 Å². The number of aromatic nitrogens is 1. The van der Waals surface area contributed by atoms with Gasteiger partial charge < -0.3 is 10.3 Å². The molecule has 1 heterocycles. The van der Waals surface area contributed by atoms with E-state index < -0.39 is 0 Å². The van der Waals surface area contributed by atoms with Gasteiger partial charge in [0.15, 0.2) is 5.43 Å². The van der Waals surface area contributed by atoms with Crippen molar-refractivity contribution in [2.75, 3.05) is 5.32 Å². The second-order valence-electron chi connectivity index (χ2n) is 2.12. The first-order valence-electron chi connectivity index (χ1n) is 4.15. The molecule has 0 saturated carbocycles. The Morgan fingerprint density at radius 3 is 2.54 bits per heavy atom. The van der Waals surface area contributed by atoms with Crippen molar-refractivity contribution in [2.45, 2.75) is 20.8 Å². The van der Waals surface area contributed by atoms with Crippen molar-refractivity contribution in [3.63, 3.8) is 0 Å². The van der Waals surface area contributed by atoms with Crippen molar-refractivity contribution in [2.24, 2.45) is 0 Å². The van der Waals surface area contributed by atoms with Crippen molar-refractivity contribution < 1.29 is 4.79 Å². The van der Waals surface area contributed by atoms with Gasteiger partial charge in [0.25, 0.3) is 0 Å². The van der Waals surface area contributed by atoms with Crippen LogP contribution in [0.25, 0.3) is 0 Å². The minimum Gasteiger partial charge on any atom is -0.348 e. The van der Waals surface area contributed by atoms with Crippen LogP contribution in [0.4, 0.5) is 5.82 Å². The average molecular weight is 182 g/mol. The zero-order chi connectivity index (χ0) is 10.3. The average Bonchev–Trinajstić information content (AvgIpc) is 2.06. The van der Waals surface area contributed by atoms with Gasteiger partial charge >= 0.3 is 0 Å². The number of carbonyl (C=O) groups is 1. The lowest BCUT2D eigenvalue weighted by Crippen LogP contribution is -2.09. The summed E-state index contributed by atoms with van der Waals surface area (Å²) in [5, 5.41) is 2.45. The van der Waals surface area contributed by atoms with E-state index in [0.717, 1.165) is 0 Å². The number of aromatic amines is 1. The number of amides is 1. The molecule has 0 aliphatic rings. The van der Waals surface area contributed by atoms with E-state index in [9.17, 15) is 9.59 Å². The molecule has 0 saturated heterocycles. The highest BCUT2D eigenvalue weighted by Crippen LogP contribution is 1.94. The molecule has 0 radical (unpaired) electrons. The minimum atomic E-state index is -0.202.